The van der Waals surface area contributed by atoms with E-state index in [4.69, 9.17) is 37.0 Å². The summed E-state index contributed by atoms with van der Waals surface area (Å²) in [5, 5.41) is 10.7. The largest absolute Gasteiger partial charge is 0.472 e. The van der Waals surface area contributed by atoms with Crippen LogP contribution in [0.5, 0.6) is 0 Å². The molecule has 0 aliphatic carbocycles. The van der Waals surface area contributed by atoms with Gasteiger partial charge in [-0.1, -0.05) is 288 Å². The van der Waals surface area contributed by atoms with E-state index in [9.17, 15) is 43.2 Å². The number of aliphatic hydroxyl groups is 1. The van der Waals surface area contributed by atoms with Crippen LogP contribution in [0.3, 0.4) is 0 Å². The molecule has 0 saturated carbocycles. The third-order valence-electron chi connectivity index (χ3n) is 16.7. The molecule has 0 rings (SSSR count). The molecule has 0 radical (unpaired) electrons. The number of ether oxygens (including phenoxy) is 4. The Labute approximate surface area is 654 Å². The summed E-state index contributed by atoms with van der Waals surface area (Å²) in [6, 6.07) is 0. The summed E-state index contributed by atoms with van der Waals surface area (Å²) in [6.07, 6.45) is 94.7. The molecule has 0 aromatic rings. The highest BCUT2D eigenvalue weighted by Crippen LogP contribution is 2.45. The highest BCUT2D eigenvalue weighted by molar-refractivity contribution is 7.47. The minimum Gasteiger partial charge on any atom is -0.462 e. The van der Waals surface area contributed by atoms with Gasteiger partial charge in [0.15, 0.2) is 12.2 Å². The number of hydrogen-bond acceptors (Lipinski definition) is 15. The molecule has 0 heterocycles. The zero-order valence-electron chi connectivity index (χ0n) is 67.2. The lowest BCUT2D eigenvalue weighted by molar-refractivity contribution is -0.161. The molecule has 0 saturated heterocycles. The van der Waals surface area contributed by atoms with Gasteiger partial charge in [0.2, 0.25) is 0 Å². The third kappa shape index (κ3) is 78.5. The predicted molar refractivity (Wildman–Crippen MR) is 445 cm³/mol. The van der Waals surface area contributed by atoms with Crippen molar-refractivity contribution in [3.63, 3.8) is 0 Å². The van der Waals surface area contributed by atoms with Crippen LogP contribution in [0.25, 0.3) is 0 Å². The Morgan fingerprint density at radius 1 is 0.269 bits per heavy atom. The number of phosphoric acid groups is 2. The molecule has 0 aromatic heterocycles. The number of phosphoric ester groups is 2. The molecule has 5 unspecified atom stereocenters. The quantitative estimate of drug-likeness (QED) is 0.0169. The molecule has 0 aliphatic rings. The van der Waals surface area contributed by atoms with Crippen molar-refractivity contribution >= 4 is 39.5 Å². The molecule has 0 fully saturated rings. The summed E-state index contributed by atoms with van der Waals surface area (Å²) in [7, 11) is -10.0. The molecular formula is C89H146O17P2. The Morgan fingerprint density at radius 3 is 0.778 bits per heavy atom. The number of hydrogen-bond donors (Lipinski definition) is 3. The minimum atomic E-state index is -5.00. The van der Waals surface area contributed by atoms with E-state index in [0.717, 1.165) is 205 Å². The lowest BCUT2D eigenvalue weighted by Gasteiger charge is -2.21. The highest BCUT2D eigenvalue weighted by Gasteiger charge is 2.30. The number of aliphatic hydroxyl groups excluding tert-OH is 1. The maximum absolute atomic E-state index is 13.1. The van der Waals surface area contributed by atoms with Gasteiger partial charge in [-0.25, -0.2) is 9.13 Å². The van der Waals surface area contributed by atoms with Crippen LogP contribution in [-0.2, 0) is 65.4 Å². The van der Waals surface area contributed by atoms with Crippen LogP contribution in [0.4, 0.5) is 0 Å². The maximum atomic E-state index is 13.1. The normalized spacial score (nSPS) is 14.7. The first-order valence-corrected chi connectivity index (χ1v) is 44.4. The van der Waals surface area contributed by atoms with Gasteiger partial charge in [-0.2, -0.15) is 0 Å². The molecule has 0 aromatic carbocycles. The summed E-state index contributed by atoms with van der Waals surface area (Å²) in [4.78, 5) is 73.2. The SMILES string of the molecule is CC/C=C\C/C=C\C/C=C\C/C=C\C/C=C\CCCC(=O)OCC(COP(=O)(O)OCC(O)COP(=O)(O)OCC(COC(=O)CCCCCCCC/C=C\C/C=C\C/C=C\CCCCC)OC(=O)CCCCCCC/C=C\C/C=C\C/C=C\CC)OC(=O)CCCCCCCCC/C=C\C/C=C\C/C=C\CC. The maximum Gasteiger partial charge on any atom is 0.472 e. The number of unbranched alkanes of at least 4 members (excludes halogenated alkanes) is 22. The van der Waals surface area contributed by atoms with Gasteiger partial charge in [0, 0.05) is 25.7 Å². The fourth-order valence-electron chi connectivity index (χ4n) is 10.5. The van der Waals surface area contributed by atoms with Gasteiger partial charge in [0.25, 0.3) is 0 Å². The molecule has 3 N–H and O–H groups in total. The van der Waals surface area contributed by atoms with E-state index < -0.39 is 97.5 Å². The van der Waals surface area contributed by atoms with Crippen LogP contribution in [0.1, 0.15) is 310 Å². The average molecular weight is 1550 g/mol. The summed E-state index contributed by atoms with van der Waals surface area (Å²) >= 11 is 0. The van der Waals surface area contributed by atoms with Crippen molar-refractivity contribution < 1.29 is 80.2 Å². The standard InChI is InChI=1S/C89H146O17P2/c1-5-9-13-17-21-25-29-33-37-40-41-44-47-50-54-58-62-66-70-74-87(92)100-79-84(105-88(93)75-71-67-63-59-55-51-45-36-32-28-24-20-16-12-8-4)81-103-107(95,96)101-77-83(90)78-102-108(97,98)104-82-85(106-89(94)76-72-68-64-60-56-52-48-43-39-35-31-27-23-19-15-11-7-3)80-99-86(91)73-69-65-61-57-53-49-46-42-38-34-30-26-22-18-14-10-6-2/h10-12,14-16,21-28,33-39,41,44-46,49,57,61,83-85,90H,5-9,13,17-20,29-32,40,42-43,47-48,50-56,58-60,62-82H2,1-4H3,(H,95,96)(H,97,98)/b14-10-,15-11-,16-12-,25-21-,26-22-,27-23-,28-24-,37-33-,38-34-,39-35-,44-41-,45-36-,49-46-,61-57-. The van der Waals surface area contributed by atoms with Crippen molar-refractivity contribution in [3.8, 4) is 0 Å². The van der Waals surface area contributed by atoms with Gasteiger partial charge >= 0.3 is 39.5 Å². The molecule has 614 valence electrons. The molecule has 0 spiro atoms. The van der Waals surface area contributed by atoms with Gasteiger partial charge in [0.05, 0.1) is 26.4 Å². The van der Waals surface area contributed by atoms with Crippen LogP contribution >= 0.6 is 15.6 Å². The summed E-state index contributed by atoms with van der Waals surface area (Å²) < 4.78 is 68.7. The zero-order chi connectivity index (χ0) is 78.9. The van der Waals surface area contributed by atoms with Gasteiger partial charge < -0.3 is 33.8 Å². The van der Waals surface area contributed by atoms with E-state index in [1.807, 2.05) is 12.2 Å². The highest BCUT2D eigenvalue weighted by atomic mass is 31.2. The first-order chi connectivity index (χ1) is 52.7. The van der Waals surface area contributed by atoms with E-state index in [0.29, 0.717) is 32.1 Å². The second-order valence-corrected chi connectivity index (χ2v) is 29.8. The molecular weight excluding hydrogens is 1400 g/mol. The van der Waals surface area contributed by atoms with Crippen molar-refractivity contribution in [2.45, 2.75) is 329 Å². The fraction of sp³-hybridized carbons (Fsp3) is 0.640. The number of carbonyl (C=O) groups excluding carboxylic acids is 4. The monoisotopic (exact) mass is 1550 g/mol. The van der Waals surface area contributed by atoms with Crippen LogP contribution in [0, 0.1) is 0 Å². The molecule has 0 aliphatic heterocycles. The molecule has 5 atom stereocenters. The lowest BCUT2D eigenvalue weighted by Crippen LogP contribution is -2.30. The van der Waals surface area contributed by atoms with Crippen molar-refractivity contribution in [1.29, 1.82) is 0 Å². The first kappa shape index (κ1) is 102. The Hall–Kier alpha value is -5.58. The van der Waals surface area contributed by atoms with Crippen molar-refractivity contribution in [1.82, 2.24) is 0 Å². The van der Waals surface area contributed by atoms with Crippen molar-refractivity contribution in [2.24, 2.45) is 0 Å². The van der Waals surface area contributed by atoms with E-state index in [-0.39, 0.29) is 25.7 Å². The Morgan fingerprint density at radius 2 is 0.491 bits per heavy atom. The van der Waals surface area contributed by atoms with Crippen molar-refractivity contribution in [3.05, 3.63) is 170 Å². The van der Waals surface area contributed by atoms with Crippen LogP contribution in [-0.4, -0.2) is 96.7 Å². The zero-order valence-corrected chi connectivity index (χ0v) is 69.0. The third-order valence-corrected chi connectivity index (χ3v) is 18.6. The Balaban J connectivity index is 5.46. The Kier molecular flexibility index (Phi) is 75.4. The van der Waals surface area contributed by atoms with Crippen LogP contribution in [0.15, 0.2) is 170 Å². The van der Waals surface area contributed by atoms with E-state index in [1.54, 1.807) is 0 Å². The molecule has 108 heavy (non-hydrogen) atoms. The van der Waals surface area contributed by atoms with Gasteiger partial charge in [-0.3, -0.25) is 37.3 Å². The number of esters is 4. The molecule has 19 heteroatoms. The van der Waals surface area contributed by atoms with Gasteiger partial charge in [-0.15, -0.1) is 0 Å². The molecule has 0 bridgehead atoms. The topological polar surface area (TPSA) is 237 Å². The minimum absolute atomic E-state index is 0.0651. The molecule has 0 amide bonds. The number of allylic oxidation sites excluding steroid dienone is 28. The second kappa shape index (κ2) is 79.5. The lowest BCUT2D eigenvalue weighted by atomic mass is 10.1. The smallest absolute Gasteiger partial charge is 0.462 e. The van der Waals surface area contributed by atoms with Crippen LogP contribution < -0.4 is 0 Å². The van der Waals surface area contributed by atoms with E-state index in [1.165, 1.54) is 19.3 Å². The van der Waals surface area contributed by atoms with Crippen molar-refractivity contribution in [2.75, 3.05) is 39.6 Å². The fourth-order valence-corrected chi connectivity index (χ4v) is 12.0. The van der Waals surface area contributed by atoms with E-state index in [2.05, 4.69) is 186 Å². The number of rotatable bonds is 76. The van der Waals surface area contributed by atoms with Gasteiger partial charge in [-0.05, 0) is 167 Å². The van der Waals surface area contributed by atoms with Gasteiger partial charge in [0.1, 0.15) is 19.3 Å². The summed E-state index contributed by atoms with van der Waals surface area (Å²) in [5.41, 5.74) is 0. The first-order valence-electron chi connectivity index (χ1n) is 41.4. The van der Waals surface area contributed by atoms with Crippen LogP contribution in [0.2, 0.25) is 0 Å². The Bertz CT molecular complexity index is 2710. The number of carbonyl (C=O) groups is 4. The molecule has 17 nitrogen and oxygen atoms in total. The average Bonchev–Trinajstić information content (AvgIpc) is 0.901. The predicted octanol–water partition coefficient (Wildman–Crippen LogP) is 24.6. The van der Waals surface area contributed by atoms with E-state index >= 15 is 0 Å². The second-order valence-electron chi connectivity index (χ2n) is 26.9. The summed E-state index contributed by atoms with van der Waals surface area (Å²) in [5.74, 6) is -2.29. The summed E-state index contributed by atoms with van der Waals surface area (Å²) in [6.45, 7) is 4.41.